The largest absolute Gasteiger partial charge is 0.433 e. The van der Waals surface area contributed by atoms with Crippen molar-refractivity contribution in [2.24, 2.45) is 5.73 Å². The minimum absolute atomic E-state index is 0.0802. The van der Waals surface area contributed by atoms with Crippen molar-refractivity contribution in [2.75, 3.05) is 0 Å². The molecular weight excluding hydrogens is 285 g/mol. The zero-order valence-corrected chi connectivity index (χ0v) is 11.0. The number of amides is 1. The Hall–Kier alpha value is -2.21. The maximum Gasteiger partial charge on any atom is 0.238 e. The molecule has 0 spiro atoms. The van der Waals surface area contributed by atoms with Crippen LogP contribution in [0.4, 0.5) is 4.39 Å². The van der Waals surface area contributed by atoms with Gasteiger partial charge in [0.1, 0.15) is 0 Å². The van der Waals surface area contributed by atoms with Crippen LogP contribution in [0.3, 0.4) is 0 Å². The smallest absolute Gasteiger partial charge is 0.238 e. The molecule has 7 heteroatoms. The van der Waals surface area contributed by atoms with Crippen molar-refractivity contribution in [3.63, 3.8) is 0 Å². The lowest BCUT2D eigenvalue weighted by molar-refractivity contribution is -0.117. The highest BCUT2D eigenvalue weighted by Gasteiger charge is 2.16. The Morgan fingerprint density at radius 1 is 1.45 bits per heavy atom. The predicted molar refractivity (Wildman–Crippen MR) is 70.7 cm³/mol. The van der Waals surface area contributed by atoms with Crippen molar-refractivity contribution in [2.45, 2.75) is 6.42 Å². The van der Waals surface area contributed by atoms with E-state index in [0.717, 1.165) is 0 Å². The second kappa shape index (κ2) is 6.29. The van der Waals surface area contributed by atoms with E-state index in [1.165, 1.54) is 37.1 Å². The lowest BCUT2D eigenvalue weighted by atomic mass is 10.1. The molecule has 1 heterocycles. The third kappa shape index (κ3) is 3.42. The maximum absolute atomic E-state index is 14.2. The molecule has 0 saturated heterocycles. The molecule has 0 aliphatic rings. The molecule has 1 aromatic heterocycles. The number of hydrogen-bond acceptors (Lipinski definition) is 4. The van der Waals surface area contributed by atoms with E-state index in [9.17, 15) is 9.18 Å². The summed E-state index contributed by atoms with van der Waals surface area (Å²) in [6, 6.07) is 2.90. The average Bonchev–Trinajstić information content (AvgIpc) is 2.43. The fourth-order valence-corrected chi connectivity index (χ4v) is 1.64. The number of nitrogens with zero attached hydrogens (tertiary/aromatic N) is 2. The Kier molecular flexibility index (Phi) is 4.47. The van der Waals surface area contributed by atoms with E-state index in [-0.39, 0.29) is 28.6 Å². The molecule has 0 atom stereocenters. The molecule has 0 aliphatic heterocycles. The number of carbonyl (C=O) groups is 1. The van der Waals surface area contributed by atoms with Gasteiger partial charge in [-0.15, -0.1) is 0 Å². The second-order valence-electron chi connectivity index (χ2n) is 3.80. The number of hydrogen-bond donors (Lipinski definition) is 1. The van der Waals surface area contributed by atoms with Gasteiger partial charge in [-0.2, -0.15) is 0 Å². The van der Waals surface area contributed by atoms with Crippen LogP contribution in [0.25, 0.3) is 0 Å². The van der Waals surface area contributed by atoms with E-state index in [4.69, 9.17) is 22.1 Å². The molecule has 0 aliphatic carbocycles. The fourth-order valence-electron chi connectivity index (χ4n) is 1.45. The Morgan fingerprint density at radius 3 is 2.90 bits per heavy atom. The van der Waals surface area contributed by atoms with Crippen molar-refractivity contribution in [1.82, 2.24) is 9.97 Å². The molecule has 20 heavy (non-hydrogen) atoms. The van der Waals surface area contributed by atoms with E-state index in [2.05, 4.69) is 9.97 Å². The third-order valence-electron chi connectivity index (χ3n) is 2.35. The van der Waals surface area contributed by atoms with Crippen LogP contribution >= 0.6 is 11.6 Å². The normalized spacial score (nSPS) is 10.3. The fraction of sp³-hybridized carbons (Fsp3) is 0.0769. The summed E-state index contributed by atoms with van der Waals surface area (Å²) in [6.45, 7) is 0. The van der Waals surface area contributed by atoms with E-state index >= 15 is 0 Å². The number of carbonyl (C=O) groups excluding carboxylic acids is 1. The highest BCUT2D eigenvalue weighted by atomic mass is 35.5. The highest BCUT2D eigenvalue weighted by Crippen LogP contribution is 2.33. The molecule has 1 radical (unpaired) electrons. The van der Waals surface area contributed by atoms with E-state index in [1.807, 2.05) is 0 Å². The number of aromatic nitrogens is 2. The molecule has 2 aromatic rings. The molecule has 2 rings (SSSR count). The number of nitrogens with two attached hydrogens (primary N) is 1. The minimum Gasteiger partial charge on any atom is -0.433 e. The first kappa shape index (κ1) is 14.2. The molecule has 0 saturated carbocycles. The van der Waals surface area contributed by atoms with Gasteiger partial charge >= 0.3 is 0 Å². The zero-order valence-electron chi connectivity index (χ0n) is 10.2. The summed E-state index contributed by atoms with van der Waals surface area (Å²) in [5.74, 6) is -1.31. The predicted octanol–water partition coefficient (Wildman–Crippen LogP) is 2.49. The summed E-state index contributed by atoms with van der Waals surface area (Å²) in [5.41, 5.74) is 5.19. The third-order valence-corrected chi connectivity index (χ3v) is 2.65. The molecule has 0 bridgehead atoms. The molecule has 0 unspecified atom stereocenters. The van der Waals surface area contributed by atoms with Gasteiger partial charge in [0.2, 0.25) is 11.8 Å². The minimum atomic E-state index is -0.690. The van der Waals surface area contributed by atoms with E-state index in [1.54, 1.807) is 0 Å². The van der Waals surface area contributed by atoms with Gasteiger partial charge in [-0.1, -0.05) is 17.7 Å². The zero-order chi connectivity index (χ0) is 14.5. The first-order chi connectivity index (χ1) is 9.58. The van der Waals surface area contributed by atoms with Crippen molar-refractivity contribution in [1.29, 1.82) is 0 Å². The second-order valence-corrected chi connectivity index (χ2v) is 4.21. The van der Waals surface area contributed by atoms with Crippen LogP contribution < -0.4 is 10.5 Å². The molecule has 1 amide bonds. The highest BCUT2D eigenvalue weighted by molar-refractivity contribution is 6.32. The average molecular weight is 295 g/mol. The van der Waals surface area contributed by atoms with Crippen molar-refractivity contribution >= 4 is 17.5 Å². The Balaban J connectivity index is 2.27. The first-order valence-electron chi connectivity index (χ1n) is 5.61. The van der Waals surface area contributed by atoms with Gasteiger partial charge in [0.15, 0.2) is 11.6 Å². The van der Waals surface area contributed by atoms with Gasteiger partial charge in [-0.25, -0.2) is 9.37 Å². The molecule has 103 valence electrons. The Morgan fingerprint density at radius 2 is 2.25 bits per heavy atom. The summed E-state index contributed by atoms with van der Waals surface area (Å²) >= 11 is 5.90. The summed E-state index contributed by atoms with van der Waals surface area (Å²) in [4.78, 5) is 18.4. The Labute approximate surface area is 119 Å². The van der Waals surface area contributed by atoms with E-state index < -0.39 is 11.7 Å². The van der Waals surface area contributed by atoms with Crippen LogP contribution in [0.5, 0.6) is 11.6 Å². The monoisotopic (exact) mass is 294 g/mol. The number of rotatable bonds is 5. The first-order valence-corrected chi connectivity index (χ1v) is 5.99. The molecule has 1 aromatic carbocycles. The van der Waals surface area contributed by atoms with Crippen LogP contribution in [0.1, 0.15) is 12.0 Å². The van der Waals surface area contributed by atoms with Crippen LogP contribution in [-0.2, 0) is 4.79 Å². The van der Waals surface area contributed by atoms with Gasteiger partial charge in [0, 0.05) is 25.2 Å². The van der Waals surface area contributed by atoms with Gasteiger partial charge in [0.05, 0.1) is 11.2 Å². The number of primary amides is 1. The number of benzene rings is 1. The molecular formula is C13H10ClFN3O2. The van der Waals surface area contributed by atoms with Gasteiger partial charge in [0.25, 0.3) is 0 Å². The lowest BCUT2D eigenvalue weighted by Gasteiger charge is -2.10. The Bertz CT molecular complexity index is 623. The van der Waals surface area contributed by atoms with Crippen LogP contribution in [-0.4, -0.2) is 15.9 Å². The quantitative estimate of drug-likeness (QED) is 0.919. The molecule has 0 fully saturated rings. The molecule has 5 nitrogen and oxygen atoms in total. The van der Waals surface area contributed by atoms with Crippen molar-refractivity contribution in [3.8, 4) is 11.6 Å². The standard InChI is InChI=1S/C13H10ClFN3O2/c14-9-3-1-8(2-4-10(16)19)12(15)13(9)20-11-7-17-5-6-18-11/h1-3,5-7H,4H2,(H2,16,19). The molecule has 2 N–H and O–H groups in total. The maximum atomic E-state index is 14.2. The lowest BCUT2D eigenvalue weighted by Crippen LogP contribution is -2.10. The van der Waals surface area contributed by atoms with Crippen LogP contribution in [0.15, 0.2) is 30.7 Å². The summed E-state index contributed by atoms with van der Waals surface area (Å²) < 4.78 is 19.5. The summed E-state index contributed by atoms with van der Waals surface area (Å²) in [6.07, 6.45) is 5.47. The summed E-state index contributed by atoms with van der Waals surface area (Å²) in [5, 5.41) is 0.0874. The number of halogens is 2. The SMILES string of the molecule is NC(=O)C[CH]c1ccc(Cl)c(Oc2cnccn2)c1F. The number of ether oxygens (including phenoxy) is 1. The van der Waals surface area contributed by atoms with E-state index in [0.29, 0.717) is 0 Å². The van der Waals surface area contributed by atoms with Crippen LogP contribution in [0, 0.1) is 12.2 Å². The van der Waals surface area contributed by atoms with Gasteiger partial charge in [-0.05, 0) is 11.6 Å². The topological polar surface area (TPSA) is 78.1 Å². The van der Waals surface area contributed by atoms with Gasteiger partial charge < -0.3 is 10.5 Å². The van der Waals surface area contributed by atoms with Gasteiger partial charge in [-0.3, -0.25) is 9.78 Å². The van der Waals surface area contributed by atoms with Crippen LogP contribution in [0.2, 0.25) is 5.02 Å². The van der Waals surface area contributed by atoms with Crippen molar-refractivity contribution in [3.05, 3.63) is 53.5 Å². The summed E-state index contributed by atoms with van der Waals surface area (Å²) in [7, 11) is 0. The van der Waals surface area contributed by atoms with Crippen molar-refractivity contribution < 1.29 is 13.9 Å².